The molecule has 0 amide bonds. The van der Waals surface area contributed by atoms with Gasteiger partial charge in [0.15, 0.2) is 0 Å². The highest BCUT2D eigenvalue weighted by atomic mass is 32.2. The monoisotopic (exact) mass is 492 g/mol. The molecule has 1 aromatic carbocycles. The largest absolute Gasteiger partial charge is 0.465 e. The van der Waals surface area contributed by atoms with Gasteiger partial charge in [-0.1, -0.05) is 24.3 Å². The molecule has 0 radical (unpaired) electrons. The molecule has 1 aliphatic heterocycles. The predicted molar refractivity (Wildman–Crippen MR) is 125 cm³/mol. The number of nitrogen functional groups attached to an aromatic ring is 1. The second kappa shape index (κ2) is 10.7. The van der Waals surface area contributed by atoms with Crippen LogP contribution >= 0.6 is 0 Å². The van der Waals surface area contributed by atoms with Gasteiger partial charge < -0.3 is 15.4 Å². The van der Waals surface area contributed by atoms with Gasteiger partial charge in [-0.05, 0) is 44.0 Å². The van der Waals surface area contributed by atoms with Crippen molar-refractivity contribution in [2.45, 2.75) is 38.0 Å². The number of likely N-dealkylation sites (tertiary alicyclic amines) is 1. The zero-order chi connectivity index (χ0) is 24.9. The van der Waals surface area contributed by atoms with Crippen molar-refractivity contribution in [1.82, 2.24) is 14.9 Å². The molecular weight excluding hydrogens is 464 g/mol. The Morgan fingerprint density at radius 2 is 1.88 bits per heavy atom. The highest BCUT2D eigenvalue weighted by Crippen LogP contribution is 2.33. The van der Waals surface area contributed by atoms with E-state index in [-0.39, 0.29) is 19.0 Å². The molecule has 1 saturated heterocycles. The second-order valence-corrected chi connectivity index (χ2v) is 9.92. The topological polar surface area (TPSA) is 162 Å². The average Bonchev–Trinajstić information content (AvgIpc) is 3.26. The fourth-order valence-corrected chi connectivity index (χ4v) is 4.34. The molecule has 34 heavy (non-hydrogen) atoms. The number of ether oxygens (including phenoxy) is 1. The Balaban J connectivity index is 2.08. The Labute approximate surface area is 197 Å². The summed E-state index contributed by atoms with van der Waals surface area (Å²) in [5.41, 5.74) is 6.90. The summed E-state index contributed by atoms with van der Waals surface area (Å²) in [6, 6.07) is 7.55. The maximum absolute atomic E-state index is 12.4. The first-order chi connectivity index (χ1) is 16.1. The van der Waals surface area contributed by atoms with Crippen molar-refractivity contribution in [3.63, 3.8) is 0 Å². The van der Waals surface area contributed by atoms with Crippen molar-refractivity contribution in [3.8, 4) is 0 Å². The van der Waals surface area contributed by atoms with E-state index in [1.54, 1.807) is 6.92 Å². The summed E-state index contributed by atoms with van der Waals surface area (Å²) in [6.07, 6.45) is 3.12. The van der Waals surface area contributed by atoms with E-state index in [1.807, 2.05) is 24.3 Å². The summed E-state index contributed by atoms with van der Waals surface area (Å²) in [6.45, 7) is 4.04. The highest BCUT2D eigenvalue weighted by Gasteiger charge is 2.31. The molecule has 2 N–H and O–H groups in total. The zero-order valence-electron chi connectivity index (χ0n) is 19.1. The number of aromatic nitrogens is 2. The van der Waals surface area contributed by atoms with Crippen LogP contribution in [-0.4, -0.2) is 66.7 Å². The summed E-state index contributed by atoms with van der Waals surface area (Å²) in [5.74, 6) is -1.61. The van der Waals surface area contributed by atoms with Crippen molar-refractivity contribution in [3.05, 3.63) is 45.5 Å². The number of esters is 1. The fraction of sp³-hybridized carbons (Fsp3) is 0.476. The van der Waals surface area contributed by atoms with Gasteiger partial charge in [0.1, 0.15) is 6.54 Å². The number of benzene rings is 1. The third-order valence-electron chi connectivity index (χ3n) is 5.38. The van der Waals surface area contributed by atoms with E-state index in [2.05, 4.69) is 14.9 Å². The molecular formula is C21H28N6O6S. The van der Waals surface area contributed by atoms with Crippen LogP contribution in [0.2, 0.25) is 0 Å². The molecule has 3 rings (SSSR count). The molecule has 12 nitrogen and oxygen atoms in total. The molecule has 0 aliphatic carbocycles. The molecule has 2 heterocycles. The van der Waals surface area contributed by atoms with Gasteiger partial charge in [0.25, 0.3) is 5.16 Å². The average molecular weight is 493 g/mol. The SMILES string of the molecule is CCOC(=O)CN(Cc1ccccc1CN1CCCC1)c1nc(S(C)(=O)=O)nc(N)c1[N+](=O)[O-]. The molecule has 1 aliphatic rings. The van der Waals surface area contributed by atoms with Gasteiger partial charge in [0.05, 0.1) is 11.5 Å². The number of carbonyl (C=O) groups excluding carboxylic acids is 1. The first-order valence-electron chi connectivity index (χ1n) is 10.8. The lowest BCUT2D eigenvalue weighted by atomic mass is 10.1. The first kappa shape index (κ1) is 25.3. The lowest BCUT2D eigenvalue weighted by Crippen LogP contribution is -2.33. The van der Waals surface area contributed by atoms with Crippen LogP contribution in [0.25, 0.3) is 0 Å². The molecule has 0 saturated carbocycles. The summed E-state index contributed by atoms with van der Waals surface area (Å²) < 4.78 is 29.3. The normalized spacial score (nSPS) is 14.2. The van der Waals surface area contributed by atoms with Gasteiger partial charge in [0, 0.05) is 19.3 Å². The number of anilines is 2. The lowest BCUT2D eigenvalue weighted by molar-refractivity contribution is -0.383. The zero-order valence-corrected chi connectivity index (χ0v) is 20.0. The Hall–Kier alpha value is -3.32. The summed E-state index contributed by atoms with van der Waals surface area (Å²) >= 11 is 0. The van der Waals surface area contributed by atoms with Crippen molar-refractivity contribution in [1.29, 1.82) is 0 Å². The quantitative estimate of drug-likeness (QED) is 0.221. The van der Waals surface area contributed by atoms with E-state index in [0.717, 1.165) is 43.3 Å². The van der Waals surface area contributed by atoms with E-state index in [9.17, 15) is 23.3 Å². The van der Waals surface area contributed by atoms with Crippen LogP contribution in [0.4, 0.5) is 17.3 Å². The van der Waals surface area contributed by atoms with Crippen LogP contribution < -0.4 is 10.6 Å². The lowest BCUT2D eigenvalue weighted by Gasteiger charge is -2.25. The molecule has 1 aromatic heterocycles. The van der Waals surface area contributed by atoms with E-state index in [0.29, 0.717) is 6.54 Å². The minimum Gasteiger partial charge on any atom is -0.465 e. The van der Waals surface area contributed by atoms with Gasteiger partial charge in [-0.3, -0.25) is 19.8 Å². The van der Waals surface area contributed by atoms with E-state index < -0.39 is 43.9 Å². The van der Waals surface area contributed by atoms with E-state index in [1.165, 1.54) is 4.90 Å². The van der Waals surface area contributed by atoms with Crippen molar-refractivity contribution in [2.75, 3.05) is 43.1 Å². The van der Waals surface area contributed by atoms with Crippen LogP contribution in [0, 0.1) is 10.1 Å². The van der Waals surface area contributed by atoms with Gasteiger partial charge in [0.2, 0.25) is 21.5 Å². The molecule has 0 atom stereocenters. The van der Waals surface area contributed by atoms with Crippen LogP contribution in [-0.2, 0) is 32.5 Å². The minimum absolute atomic E-state index is 0.0450. The summed E-state index contributed by atoms with van der Waals surface area (Å²) in [5, 5.41) is 11.2. The molecule has 0 unspecified atom stereocenters. The maximum atomic E-state index is 12.4. The Bertz CT molecular complexity index is 1170. The molecule has 2 aromatic rings. The van der Waals surface area contributed by atoms with Gasteiger partial charge >= 0.3 is 11.7 Å². The third-order valence-corrected chi connectivity index (χ3v) is 6.23. The number of hydrogen-bond acceptors (Lipinski definition) is 11. The summed E-state index contributed by atoms with van der Waals surface area (Å²) in [4.78, 5) is 34.6. The number of nitrogens with two attached hydrogens (primary N) is 1. The number of hydrogen-bond donors (Lipinski definition) is 1. The van der Waals surface area contributed by atoms with Gasteiger partial charge in [-0.25, -0.2) is 8.42 Å². The van der Waals surface area contributed by atoms with Crippen molar-refractivity contribution < 1.29 is 22.9 Å². The number of nitro groups is 1. The van der Waals surface area contributed by atoms with Crippen LogP contribution in [0.3, 0.4) is 0 Å². The molecule has 1 fully saturated rings. The van der Waals surface area contributed by atoms with E-state index in [4.69, 9.17) is 10.5 Å². The first-order valence-corrected chi connectivity index (χ1v) is 12.7. The number of nitrogens with zero attached hydrogens (tertiary/aromatic N) is 5. The number of rotatable bonds is 10. The molecule has 13 heteroatoms. The van der Waals surface area contributed by atoms with Crippen LogP contribution in [0.15, 0.2) is 29.4 Å². The smallest absolute Gasteiger partial charge is 0.353 e. The highest BCUT2D eigenvalue weighted by molar-refractivity contribution is 7.90. The molecule has 184 valence electrons. The predicted octanol–water partition coefficient (Wildman–Crippen LogP) is 1.54. The second-order valence-electron chi connectivity index (χ2n) is 8.01. The maximum Gasteiger partial charge on any atom is 0.353 e. The number of sulfone groups is 1. The Kier molecular flexibility index (Phi) is 7.99. The third kappa shape index (κ3) is 6.17. The van der Waals surface area contributed by atoms with Gasteiger partial charge in [-0.2, -0.15) is 9.97 Å². The number of carbonyl (C=O) groups is 1. The van der Waals surface area contributed by atoms with Gasteiger partial charge in [-0.15, -0.1) is 0 Å². The van der Waals surface area contributed by atoms with Crippen molar-refractivity contribution >= 4 is 33.1 Å². The Morgan fingerprint density at radius 3 is 2.47 bits per heavy atom. The molecule has 0 bridgehead atoms. The van der Waals surface area contributed by atoms with Crippen LogP contribution in [0.1, 0.15) is 30.9 Å². The van der Waals surface area contributed by atoms with Crippen molar-refractivity contribution in [2.24, 2.45) is 0 Å². The molecule has 0 spiro atoms. The van der Waals surface area contributed by atoms with E-state index >= 15 is 0 Å². The Morgan fingerprint density at radius 1 is 1.24 bits per heavy atom. The standard InChI is InChI=1S/C21H28N6O6S/c1-3-33-17(28)14-26(13-16-9-5-4-8-15(16)12-25-10-6-7-11-25)20-18(27(29)30)19(22)23-21(24-20)34(2,31)32/h4-5,8-9H,3,6-7,10-14H2,1-2H3,(H2,22,23,24). The summed E-state index contributed by atoms with van der Waals surface area (Å²) in [7, 11) is -3.93. The minimum atomic E-state index is -3.93. The van der Waals surface area contributed by atoms with Crippen LogP contribution in [0.5, 0.6) is 0 Å². The fourth-order valence-electron chi connectivity index (χ4n) is 3.82.